The van der Waals surface area contributed by atoms with Crippen molar-refractivity contribution in [3.05, 3.63) is 5.21 Å². The van der Waals surface area contributed by atoms with E-state index >= 15 is 0 Å². The van der Waals surface area contributed by atoms with E-state index in [9.17, 15) is 19.9 Å². The fourth-order valence-electron chi connectivity index (χ4n) is 10.2. The molecule has 7 aliphatic rings. The summed E-state index contributed by atoms with van der Waals surface area (Å²) in [6, 6.07) is -0.462. The van der Waals surface area contributed by atoms with E-state index < -0.39 is 45.6 Å². The van der Waals surface area contributed by atoms with Crippen molar-refractivity contribution in [2.45, 2.75) is 82.8 Å². The van der Waals surface area contributed by atoms with Gasteiger partial charge in [-0.15, -0.1) is 0 Å². The molecule has 0 amide bonds. The van der Waals surface area contributed by atoms with Crippen LogP contribution in [0.2, 0.25) is 0 Å². The molecule has 3 unspecified atom stereocenters. The Labute approximate surface area is 188 Å². The number of hydrogen-bond donors (Lipinski definition) is 1. The lowest BCUT2D eigenvalue weighted by atomic mass is 9.42. The number of piperidine rings is 1. The molecule has 4 saturated carbocycles. The molecule has 0 aromatic carbocycles. The van der Waals surface area contributed by atoms with E-state index in [-0.39, 0.29) is 35.4 Å². The van der Waals surface area contributed by atoms with Crippen molar-refractivity contribution in [3.8, 4) is 0 Å². The number of quaternary nitrogens is 1. The van der Waals surface area contributed by atoms with E-state index in [1.807, 2.05) is 6.92 Å². The summed E-state index contributed by atoms with van der Waals surface area (Å²) in [6.45, 7) is 6.32. The highest BCUT2D eigenvalue weighted by Gasteiger charge is 2.88. The van der Waals surface area contributed by atoms with Crippen molar-refractivity contribution in [2.75, 3.05) is 20.2 Å². The summed E-state index contributed by atoms with van der Waals surface area (Å²) in [4.78, 5) is 25.7. The predicted molar refractivity (Wildman–Crippen MR) is 112 cm³/mol. The minimum absolute atomic E-state index is 0.120. The largest absolute Gasteiger partial charge is 0.633 e. The number of esters is 2. The van der Waals surface area contributed by atoms with E-state index in [1.54, 1.807) is 7.11 Å². The van der Waals surface area contributed by atoms with Crippen LogP contribution >= 0.6 is 0 Å². The van der Waals surface area contributed by atoms with Gasteiger partial charge in [0.1, 0.15) is 18.2 Å². The molecule has 12 atom stereocenters. The second-order valence-electron chi connectivity index (χ2n) is 11.8. The second-order valence-corrected chi connectivity index (χ2v) is 11.8. The molecular formula is C24H35NO7. The van der Waals surface area contributed by atoms with Crippen molar-refractivity contribution < 1.29 is 33.6 Å². The number of ether oxygens (including phenoxy) is 3. The molecule has 0 aromatic rings. The smallest absolute Gasteiger partial charge is 0.312 e. The highest BCUT2D eigenvalue weighted by Crippen LogP contribution is 2.78. The number of aliphatic hydroxyl groups is 1. The summed E-state index contributed by atoms with van der Waals surface area (Å²) in [5, 5.41) is 27.0. The van der Waals surface area contributed by atoms with E-state index in [1.165, 1.54) is 6.92 Å². The number of methoxy groups -OCH3 is 1. The number of hydroxylamine groups is 3. The molecule has 4 aliphatic carbocycles. The molecule has 1 N–H and O–H groups in total. The van der Waals surface area contributed by atoms with Gasteiger partial charge < -0.3 is 29.2 Å². The zero-order chi connectivity index (χ0) is 22.8. The van der Waals surface area contributed by atoms with E-state index in [2.05, 4.69) is 6.92 Å². The molecule has 3 saturated heterocycles. The molecule has 8 nitrogen and oxygen atoms in total. The Morgan fingerprint density at radius 3 is 2.75 bits per heavy atom. The van der Waals surface area contributed by atoms with Crippen LogP contribution in [-0.4, -0.2) is 71.8 Å². The number of carbonyl (C=O) groups is 2. The highest BCUT2D eigenvalue weighted by molar-refractivity contribution is 5.77. The summed E-state index contributed by atoms with van der Waals surface area (Å²) in [7, 11) is 1.70. The topological polar surface area (TPSA) is 105 Å². The van der Waals surface area contributed by atoms with Gasteiger partial charge in [-0.3, -0.25) is 9.59 Å². The maximum atomic E-state index is 14.7. The maximum Gasteiger partial charge on any atom is 0.312 e. The summed E-state index contributed by atoms with van der Waals surface area (Å²) in [5.74, 6) is -2.38. The number of rotatable bonds is 3. The Morgan fingerprint density at radius 1 is 1.34 bits per heavy atom. The summed E-state index contributed by atoms with van der Waals surface area (Å²) in [6.07, 6.45) is 2.18. The lowest BCUT2D eigenvalue weighted by Gasteiger charge is -2.72. The first-order valence-corrected chi connectivity index (χ1v) is 12.3. The number of nitrogens with zero attached hydrogens (tertiary/aromatic N) is 1. The maximum absolute atomic E-state index is 14.7. The van der Waals surface area contributed by atoms with Gasteiger partial charge in [0, 0.05) is 25.4 Å². The average molecular weight is 450 g/mol. The molecule has 9 bridgehead atoms. The molecule has 3 aliphatic heterocycles. The molecule has 0 aromatic heterocycles. The Hall–Kier alpha value is -1.22. The van der Waals surface area contributed by atoms with Crippen LogP contribution in [0.1, 0.15) is 52.9 Å². The second kappa shape index (κ2) is 6.26. The van der Waals surface area contributed by atoms with Crippen LogP contribution in [0.3, 0.4) is 0 Å². The Kier molecular flexibility index (Phi) is 4.17. The number of hydrogen-bond acceptors (Lipinski definition) is 7. The fourth-order valence-corrected chi connectivity index (χ4v) is 10.2. The Morgan fingerprint density at radius 2 is 2.09 bits per heavy atom. The van der Waals surface area contributed by atoms with Gasteiger partial charge in [-0.1, -0.05) is 6.92 Å². The van der Waals surface area contributed by atoms with Gasteiger partial charge in [0.25, 0.3) is 0 Å². The third-order valence-electron chi connectivity index (χ3n) is 10.7. The van der Waals surface area contributed by atoms with Crippen LogP contribution in [0.25, 0.3) is 0 Å². The van der Waals surface area contributed by atoms with Crippen molar-refractivity contribution >= 4 is 11.9 Å². The normalized spacial score (nSPS) is 59.4. The minimum Gasteiger partial charge on any atom is -0.633 e. The van der Waals surface area contributed by atoms with E-state index in [4.69, 9.17) is 14.2 Å². The van der Waals surface area contributed by atoms with Gasteiger partial charge in [-0.05, 0) is 44.9 Å². The minimum atomic E-state index is -1.41. The van der Waals surface area contributed by atoms with Crippen LogP contribution in [0.5, 0.6) is 0 Å². The first kappa shape index (κ1) is 21.3. The van der Waals surface area contributed by atoms with E-state index in [0.717, 1.165) is 12.8 Å². The summed E-state index contributed by atoms with van der Waals surface area (Å²) in [5.41, 5.74) is -2.39. The molecule has 7 fully saturated rings. The van der Waals surface area contributed by atoms with Gasteiger partial charge in [-0.2, -0.15) is 0 Å². The van der Waals surface area contributed by atoms with Crippen molar-refractivity contribution in [2.24, 2.45) is 34.5 Å². The summed E-state index contributed by atoms with van der Waals surface area (Å²) >= 11 is 0. The molecule has 1 spiro atoms. The van der Waals surface area contributed by atoms with Gasteiger partial charge in [0.15, 0.2) is 0 Å². The zero-order valence-electron chi connectivity index (χ0n) is 19.4. The molecule has 8 heteroatoms. The number of likely N-dealkylation sites (tertiary alicyclic amines) is 1. The number of fused-ring (bicyclic) bond motifs is 2. The van der Waals surface area contributed by atoms with Crippen molar-refractivity contribution in [3.63, 3.8) is 0 Å². The Balaban J connectivity index is 1.69. The monoisotopic (exact) mass is 449 g/mol. The van der Waals surface area contributed by atoms with Crippen LogP contribution in [0, 0.1) is 39.7 Å². The van der Waals surface area contributed by atoms with Crippen LogP contribution in [-0.2, 0) is 23.8 Å². The highest BCUT2D eigenvalue weighted by atomic mass is 16.6. The van der Waals surface area contributed by atoms with E-state index in [0.29, 0.717) is 32.4 Å². The first-order valence-electron chi connectivity index (χ1n) is 12.3. The van der Waals surface area contributed by atoms with Crippen LogP contribution < -0.4 is 0 Å². The van der Waals surface area contributed by atoms with Crippen molar-refractivity contribution in [1.82, 2.24) is 0 Å². The predicted octanol–water partition coefficient (Wildman–Crippen LogP) is 1.77. The first-order chi connectivity index (χ1) is 15.1. The van der Waals surface area contributed by atoms with Crippen molar-refractivity contribution in [1.29, 1.82) is 0 Å². The molecule has 3 heterocycles. The fraction of sp³-hybridized carbons (Fsp3) is 0.917. The summed E-state index contributed by atoms with van der Waals surface area (Å²) < 4.78 is 17.6. The molecule has 32 heavy (non-hydrogen) atoms. The molecule has 7 rings (SSSR count). The zero-order valence-corrected chi connectivity index (χ0v) is 19.4. The van der Waals surface area contributed by atoms with Crippen LogP contribution in [0.15, 0.2) is 0 Å². The van der Waals surface area contributed by atoms with Gasteiger partial charge in [-0.25, -0.2) is 0 Å². The van der Waals surface area contributed by atoms with Crippen LogP contribution in [0.4, 0.5) is 0 Å². The molecular weight excluding hydrogens is 414 g/mol. The lowest BCUT2D eigenvalue weighted by Crippen LogP contribution is -2.80. The van der Waals surface area contributed by atoms with Gasteiger partial charge >= 0.3 is 11.9 Å². The quantitative estimate of drug-likeness (QED) is 0.398. The Bertz CT molecular complexity index is 880. The lowest BCUT2D eigenvalue weighted by molar-refractivity contribution is -0.932. The third-order valence-corrected chi connectivity index (χ3v) is 10.7. The molecule has 0 radical (unpaired) electrons. The van der Waals surface area contributed by atoms with Gasteiger partial charge in [0.2, 0.25) is 0 Å². The standard InChI is InChI=1S/C24H35NO7/c1-5-25(29)11-22(3)8-7-15(30-4)24-14-10-13-6-9-23(28,16(14)21(27)32-13)17(20(24)25)18(19(22)24)31-12(2)26/h13-20,28H,5-11H2,1-4H3/t13-,14-,15+,16-,17-,18-,19-,20?,22+,23-,24?,25?/m1/s1. The average Bonchev–Trinajstić information content (AvgIpc) is 2.78. The SMILES string of the molecule is CC[N+]1([O-])C[C@]2(C)CC[C@H](OC)C34C1[C@@H]([C@@H](OC(C)=O)[C@@H]32)[C@@]1(O)CC[C@@H]2C[C@@H]4[C@@H]1C(=O)O2. The van der Waals surface area contributed by atoms with Gasteiger partial charge in [0.05, 0.1) is 42.0 Å². The number of carbonyl (C=O) groups excluding carboxylic acids is 2. The third kappa shape index (κ3) is 2.14. The molecule has 178 valence electrons.